The number of anilines is 1. The Bertz CT molecular complexity index is 661. The van der Waals surface area contributed by atoms with E-state index >= 15 is 0 Å². The van der Waals surface area contributed by atoms with Crippen LogP contribution in [0.2, 0.25) is 0 Å². The number of amides is 1. The first-order valence-electron chi connectivity index (χ1n) is 5.87. The van der Waals surface area contributed by atoms with Gasteiger partial charge < -0.3 is 10.0 Å². The van der Waals surface area contributed by atoms with E-state index in [0.717, 1.165) is 11.0 Å². The number of rotatable bonds is 3. The minimum absolute atomic E-state index is 0. The fourth-order valence-electron chi connectivity index (χ4n) is 1.83. The molecule has 0 saturated heterocycles. The number of carbonyl (C=O) groups is 2. The third-order valence-corrected chi connectivity index (χ3v) is 2.90. The second kappa shape index (κ2) is 7.36. The monoisotopic (exact) mass is 297 g/mol. The molecule has 0 bridgehead atoms. The Kier molecular flexibility index (Phi) is 6.08. The maximum atomic E-state index is 14.1. The predicted molar refractivity (Wildman–Crippen MR) is 79.7 cm³/mol. The summed E-state index contributed by atoms with van der Waals surface area (Å²) in [6, 6.07) is 12.3. The number of benzene rings is 2. The van der Waals surface area contributed by atoms with Crippen LogP contribution in [0.5, 0.6) is 0 Å². The Morgan fingerprint density at radius 3 is 2.24 bits per heavy atom. The number of hydrogen-bond donors (Lipinski definition) is 1. The summed E-state index contributed by atoms with van der Waals surface area (Å²) < 4.78 is 14.1. The van der Waals surface area contributed by atoms with Crippen molar-refractivity contribution in [1.29, 1.82) is 0 Å². The van der Waals surface area contributed by atoms with Crippen LogP contribution in [0.25, 0.3) is 0 Å². The van der Waals surface area contributed by atoms with Gasteiger partial charge in [-0.25, -0.2) is 9.18 Å². The topological polar surface area (TPSA) is 57.6 Å². The van der Waals surface area contributed by atoms with Gasteiger partial charge in [-0.05, 0) is 24.3 Å². The van der Waals surface area contributed by atoms with Crippen LogP contribution in [-0.2, 0) is 0 Å². The number of aromatic carboxylic acids is 1. The summed E-state index contributed by atoms with van der Waals surface area (Å²) in [6.45, 7) is 0. The first-order chi connectivity index (χ1) is 9.52. The molecular weight excluding hydrogens is 284 g/mol. The predicted octanol–water partition coefficient (Wildman–Crippen LogP) is 2.15. The summed E-state index contributed by atoms with van der Waals surface area (Å²) >= 11 is 0. The van der Waals surface area contributed by atoms with E-state index in [1.54, 1.807) is 30.3 Å². The molecule has 104 valence electrons. The molecule has 0 heterocycles. The number of nitrogens with zero attached hydrogens (tertiary/aromatic N) is 1. The van der Waals surface area contributed by atoms with Gasteiger partial charge in [0.05, 0.1) is 11.3 Å². The van der Waals surface area contributed by atoms with Crippen LogP contribution in [0.15, 0.2) is 48.5 Å². The van der Waals surface area contributed by atoms with Crippen LogP contribution in [0.4, 0.5) is 10.1 Å². The summed E-state index contributed by atoms with van der Waals surface area (Å²) in [4.78, 5) is 24.2. The van der Waals surface area contributed by atoms with E-state index in [0.29, 0.717) is 5.56 Å². The third kappa shape index (κ3) is 3.69. The molecule has 21 heavy (non-hydrogen) atoms. The van der Waals surface area contributed by atoms with Crippen molar-refractivity contribution in [3.63, 3.8) is 0 Å². The molecule has 0 aliphatic carbocycles. The van der Waals surface area contributed by atoms with E-state index in [4.69, 9.17) is 5.11 Å². The standard InChI is InChI=1S/C15H12FNO3.Na.H/c1-17(14(18)10-6-3-2-4-7-10)12-9-5-8-11(13(12)16)15(19)20;;/h2-9H,1H3,(H,19,20);;. The van der Waals surface area contributed by atoms with Crippen molar-refractivity contribution in [2.75, 3.05) is 11.9 Å². The van der Waals surface area contributed by atoms with Gasteiger partial charge in [0, 0.05) is 12.6 Å². The average molecular weight is 297 g/mol. The first kappa shape index (κ1) is 17.4. The van der Waals surface area contributed by atoms with Crippen LogP contribution < -0.4 is 4.90 Å². The van der Waals surface area contributed by atoms with Gasteiger partial charge in [-0.2, -0.15) is 0 Å². The van der Waals surface area contributed by atoms with Crippen molar-refractivity contribution < 1.29 is 19.1 Å². The molecule has 0 unspecified atom stereocenters. The van der Waals surface area contributed by atoms with Crippen molar-refractivity contribution in [2.45, 2.75) is 0 Å². The van der Waals surface area contributed by atoms with E-state index in [1.165, 1.54) is 19.2 Å². The molecular formula is C15H13FNNaO3. The zero-order valence-corrected chi connectivity index (χ0v) is 10.7. The Balaban J connectivity index is 0.00000220. The van der Waals surface area contributed by atoms with Crippen molar-refractivity contribution in [2.24, 2.45) is 0 Å². The summed E-state index contributed by atoms with van der Waals surface area (Å²) in [5.41, 5.74) is -0.135. The van der Waals surface area contributed by atoms with E-state index in [-0.39, 0.29) is 35.2 Å². The molecule has 0 aromatic heterocycles. The van der Waals surface area contributed by atoms with Gasteiger partial charge in [0.25, 0.3) is 5.91 Å². The molecule has 1 N–H and O–H groups in total. The van der Waals surface area contributed by atoms with Crippen LogP contribution in [0.3, 0.4) is 0 Å². The molecule has 0 saturated carbocycles. The first-order valence-corrected chi connectivity index (χ1v) is 5.87. The van der Waals surface area contributed by atoms with Crippen molar-refractivity contribution in [3.05, 3.63) is 65.5 Å². The Morgan fingerprint density at radius 1 is 1.05 bits per heavy atom. The molecule has 2 aromatic rings. The Hall–Kier alpha value is -1.69. The fourth-order valence-corrected chi connectivity index (χ4v) is 1.83. The fraction of sp³-hybridized carbons (Fsp3) is 0.0667. The molecule has 2 aromatic carbocycles. The van der Waals surface area contributed by atoms with Gasteiger partial charge in [-0.1, -0.05) is 24.3 Å². The molecule has 0 aliphatic rings. The molecule has 0 spiro atoms. The second-order valence-corrected chi connectivity index (χ2v) is 4.17. The summed E-state index contributed by atoms with van der Waals surface area (Å²) in [7, 11) is 1.40. The Morgan fingerprint density at radius 2 is 1.67 bits per heavy atom. The van der Waals surface area contributed by atoms with Crippen molar-refractivity contribution in [1.82, 2.24) is 0 Å². The van der Waals surface area contributed by atoms with E-state index in [2.05, 4.69) is 0 Å². The number of hydrogen-bond acceptors (Lipinski definition) is 2. The SMILES string of the molecule is CN(C(=O)c1ccccc1)c1cccc(C(=O)O)c1F.[NaH]. The van der Waals surface area contributed by atoms with Crippen LogP contribution in [0.1, 0.15) is 20.7 Å². The zero-order valence-electron chi connectivity index (χ0n) is 10.7. The van der Waals surface area contributed by atoms with Gasteiger partial charge in [-0.3, -0.25) is 4.79 Å². The number of carboxylic acid groups (broad SMARTS) is 1. The van der Waals surface area contributed by atoms with Gasteiger partial charge in [0.15, 0.2) is 5.82 Å². The summed E-state index contributed by atoms with van der Waals surface area (Å²) in [6.07, 6.45) is 0. The maximum absolute atomic E-state index is 14.1. The molecule has 0 fully saturated rings. The van der Waals surface area contributed by atoms with Crippen molar-refractivity contribution in [3.8, 4) is 0 Å². The minimum atomic E-state index is -1.37. The van der Waals surface area contributed by atoms with E-state index < -0.39 is 23.3 Å². The van der Waals surface area contributed by atoms with Gasteiger partial charge in [0.1, 0.15) is 0 Å². The van der Waals surface area contributed by atoms with Crippen LogP contribution in [-0.4, -0.2) is 53.6 Å². The average Bonchev–Trinajstić information content (AvgIpc) is 2.46. The van der Waals surface area contributed by atoms with Gasteiger partial charge in [-0.15, -0.1) is 0 Å². The molecule has 0 radical (unpaired) electrons. The van der Waals surface area contributed by atoms with E-state index in [9.17, 15) is 14.0 Å². The van der Waals surface area contributed by atoms with Crippen molar-refractivity contribution >= 4 is 47.1 Å². The number of halogens is 1. The quantitative estimate of drug-likeness (QED) is 0.883. The zero-order chi connectivity index (χ0) is 14.7. The van der Waals surface area contributed by atoms with Crippen LogP contribution in [0, 0.1) is 5.82 Å². The second-order valence-electron chi connectivity index (χ2n) is 4.17. The normalized spacial score (nSPS) is 9.62. The summed E-state index contributed by atoms with van der Waals surface area (Å²) in [5, 5.41) is 8.88. The molecule has 0 atom stereocenters. The van der Waals surface area contributed by atoms with E-state index in [1.807, 2.05) is 0 Å². The third-order valence-electron chi connectivity index (χ3n) is 2.90. The van der Waals surface area contributed by atoms with Gasteiger partial charge in [0.2, 0.25) is 0 Å². The summed E-state index contributed by atoms with van der Waals surface area (Å²) in [5.74, 6) is -2.70. The molecule has 2 rings (SSSR count). The van der Waals surface area contributed by atoms with Crippen LogP contribution >= 0.6 is 0 Å². The van der Waals surface area contributed by atoms with Gasteiger partial charge >= 0.3 is 35.5 Å². The number of carboxylic acids is 1. The molecule has 0 aliphatic heterocycles. The molecule has 6 heteroatoms. The molecule has 4 nitrogen and oxygen atoms in total. The molecule has 1 amide bonds. The Labute approximate surface area is 143 Å². The number of carbonyl (C=O) groups excluding carboxylic acids is 1.